The van der Waals surface area contributed by atoms with Crippen molar-refractivity contribution in [3.05, 3.63) is 0 Å². The standard InChI is InChI=1S/C10H17F3O2/c1-7(2)5-9(3,4)6-15-8(14)10(11,12)13/h7H,5-6H2,1-4H3. The molecule has 0 aliphatic carbocycles. The quantitative estimate of drug-likeness (QED) is 0.688. The number of rotatable bonds is 4. The molecule has 0 saturated heterocycles. The summed E-state index contributed by atoms with van der Waals surface area (Å²) in [4.78, 5) is 10.4. The molecule has 0 rings (SSSR count). The van der Waals surface area contributed by atoms with Gasteiger partial charge in [0.05, 0.1) is 6.61 Å². The lowest BCUT2D eigenvalue weighted by Gasteiger charge is -2.26. The van der Waals surface area contributed by atoms with E-state index in [2.05, 4.69) is 4.74 Å². The second-order valence-corrected chi connectivity index (χ2v) is 4.84. The SMILES string of the molecule is CC(C)CC(C)(C)COC(=O)C(F)(F)F. The second-order valence-electron chi connectivity index (χ2n) is 4.84. The normalized spacial score (nSPS) is 13.1. The Morgan fingerprint density at radius 3 is 2.07 bits per heavy atom. The lowest BCUT2D eigenvalue weighted by atomic mass is 9.85. The molecule has 0 aromatic rings. The summed E-state index contributed by atoms with van der Waals surface area (Å²) >= 11 is 0. The Labute approximate surface area is 87.8 Å². The molecule has 0 bridgehead atoms. The highest BCUT2D eigenvalue weighted by atomic mass is 19.4. The molecule has 0 heterocycles. The first-order valence-electron chi connectivity index (χ1n) is 4.78. The van der Waals surface area contributed by atoms with Crippen molar-refractivity contribution >= 4 is 5.97 Å². The number of esters is 1. The van der Waals surface area contributed by atoms with Gasteiger partial charge in [-0.25, -0.2) is 4.79 Å². The molecule has 0 N–H and O–H groups in total. The van der Waals surface area contributed by atoms with Crippen molar-refractivity contribution in [2.45, 2.75) is 40.3 Å². The lowest BCUT2D eigenvalue weighted by Crippen LogP contribution is -2.30. The maximum atomic E-state index is 11.8. The van der Waals surface area contributed by atoms with Gasteiger partial charge in [0.25, 0.3) is 0 Å². The van der Waals surface area contributed by atoms with Crippen molar-refractivity contribution < 1.29 is 22.7 Å². The van der Waals surface area contributed by atoms with Gasteiger partial charge in [-0.3, -0.25) is 0 Å². The smallest absolute Gasteiger partial charge is 0.458 e. The third-order valence-electron chi connectivity index (χ3n) is 1.79. The summed E-state index contributed by atoms with van der Waals surface area (Å²) in [6.45, 7) is 7.28. The zero-order chi connectivity index (χ0) is 12.3. The van der Waals surface area contributed by atoms with Gasteiger partial charge >= 0.3 is 12.1 Å². The van der Waals surface area contributed by atoms with E-state index in [4.69, 9.17) is 0 Å². The van der Waals surface area contributed by atoms with Crippen LogP contribution in [-0.2, 0) is 9.53 Å². The van der Waals surface area contributed by atoms with Crippen molar-refractivity contribution in [1.29, 1.82) is 0 Å². The Morgan fingerprint density at radius 1 is 1.27 bits per heavy atom. The molecule has 2 nitrogen and oxygen atoms in total. The van der Waals surface area contributed by atoms with Crippen LogP contribution in [0.25, 0.3) is 0 Å². The van der Waals surface area contributed by atoms with E-state index in [-0.39, 0.29) is 6.61 Å². The van der Waals surface area contributed by atoms with Gasteiger partial charge in [-0.1, -0.05) is 27.7 Å². The molecule has 0 atom stereocenters. The van der Waals surface area contributed by atoms with Crippen LogP contribution in [0.2, 0.25) is 0 Å². The first-order valence-corrected chi connectivity index (χ1v) is 4.78. The van der Waals surface area contributed by atoms with Crippen LogP contribution in [-0.4, -0.2) is 18.8 Å². The Balaban J connectivity index is 4.10. The second kappa shape index (κ2) is 4.86. The van der Waals surface area contributed by atoms with Gasteiger partial charge in [-0.2, -0.15) is 13.2 Å². The predicted octanol–water partition coefficient (Wildman–Crippen LogP) is 3.16. The van der Waals surface area contributed by atoms with E-state index in [1.807, 2.05) is 13.8 Å². The minimum Gasteiger partial charge on any atom is -0.458 e. The Bertz CT molecular complexity index is 219. The summed E-state index contributed by atoms with van der Waals surface area (Å²) in [5, 5.41) is 0. The van der Waals surface area contributed by atoms with Crippen LogP contribution < -0.4 is 0 Å². The molecule has 0 aliphatic heterocycles. The van der Waals surface area contributed by atoms with E-state index in [1.165, 1.54) is 0 Å². The minimum absolute atomic E-state index is 0.205. The molecule has 0 unspecified atom stereocenters. The maximum absolute atomic E-state index is 11.8. The first kappa shape index (κ1) is 14.3. The topological polar surface area (TPSA) is 26.3 Å². The molecule has 0 amide bonds. The van der Waals surface area contributed by atoms with E-state index in [1.54, 1.807) is 13.8 Å². The molecule has 0 radical (unpaired) electrons. The molecular weight excluding hydrogens is 209 g/mol. The van der Waals surface area contributed by atoms with E-state index in [9.17, 15) is 18.0 Å². The summed E-state index contributed by atoms with van der Waals surface area (Å²) in [5.74, 6) is -1.76. The van der Waals surface area contributed by atoms with E-state index in [0.29, 0.717) is 12.3 Å². The summed E-state index contributed by atoms with van der Waals surface area (Å²) in [5.41, 5.74) is -0.422. The van der Waals surface area contributed by atoms with Crippen molar-refractivity contribution in [3.63, 3.8) is 0 Å². The van der Waals surface area contributed by atoms with Crippen LogP contribution in [0, 0.1) is 11.3 Å². The molecule has 0 saturated carbocycles. The Kier molecular flexibility index (Phi) is 4.62. The van der Waals surface area contributed by atoms with Crippen LogP contribution in [0.5, 0.6) is 0 Å². The fourth-order valence-corrected chi connectivity index (χ4v) is 1.51. The monoisotopic (exact) mass is 226 g/mol. The number of ether oxygens (including phenoxy) is 1. The predicted molar refractivity (Wildman–Crippen MR) is 50.3 cm³/mol. The van der Waals surface area contributed by atoms with Crippen molar-refractivity contribution in [3.8, 4) is 0 Å². The maximum Gasteiger partial charge on any atom is 0.490 e. The summed E-state index contributed by atoms with van der Waals surface area (Å²) < 4.78 is 39.6. The van der Waals surface area contributed by atoms with Crippen LogP contribution in [0.3, 0.4) is 0 Å². The number of carbonyl (C=O) groups is 1. The summed E-state index contributed by atoms with van der Waals surface area (Å²) in [7, 11) is 0. The van der Waals surface area contributed by atoms with Crippen molar-refractivity contribution in [2.75, 3.05) is 6.61 Å². The number of alkyl halides is 3. The fraction of sp³-hybridized carbons (Fsp3) is 0.900. The Morgan fingerprint density at radius 2 is 1.73 bits per heavy atom. The average Bonchev–Trinajstić information content (AvgIpc) is 1.95. The highest BCUT2D eigenvalue weighted by Gasteiger charge is 2.41. The highest BCUT2D eigenvalue weighted by molar-refractivity contribution is 5.75. The number of hydrogen-bond donors (Lipinski definition) is 0. The largest absolute Gasteiger partial charge is 0.490 e. The van der Waals surface area contributed by atoms with Crippen LogP contribution >= 0.6 is 0 Å². The van der Waals surface area contributed by atoms with Crippen LogP contribution in [0.4, 0.5) is 13.2 Å². The summed E-state index contributed by atoms with van der Waals surface area (Å²) in [6.07, 6.45) is -4.19. The molecule has 5 heteroatoms. The molecule has 0 spiro atoms. The highest BCUT2D eigenvalue weighted by Crippen LogP contribution is 2.26. The number of halogens is 3. The van der Waals surface area contributed by atoms with Crippen molar-refractivity contribution in [2.24, 2.45) is 11.3 Å². The molecule has 0 aromatic heterocycles. The van der Waals surface area contributed by atoms with Crippen molar-refractivity contribution in [1.82, 2.24) is 0 Å². The molecule has 0 aliphatic rings. The number of hydrogen-bond acceptors (Lipinski definition) is 2. The third-order valence-corrected chi connectivity index (χ3v) is 1.79. The van der Waals surface area contributed by atoms with E-state index in [0.717, 1.165) is 0 Å². The van der Waals surface area contributed by atoms with Crippen LogP contribution in [0.15, 0.2) is 0 Å². The first-order chi connectivity index (χ1) is 6.54. The van der Waals surface area contributed by atoms with Gasteiger partial charge in [-0.05, 0) is 17.8 Å². The lowest BCUT2D eigenvalue weighted by molar-refractivity contribution is -0.202. The van der Waals surface area contributed by atoms with Gasteiger partial charge in [0.1, 0.15) is 0 Å². The van der Waals surface area contributed by atoms with Gasteiger partial charge in [-0.15, -0.1) is 0 Å². The fourth-order valence-electron chi connectivity index (χ4n) is 1.51. The zero-order valence-corrected chi connectivity index (χ0v) is 9.44. The van der Waals surface area contributed by atoms with Gasteiger partial charge in [0, 0.05) is 0 Å². The molecule has 0 fully saturated rings. The third kappa shape index (κ3) is 6.36. The summed E-state index contributed by atoms with van der Waals surface area (Å²) in [6, 6.07) is 0. The van der Waals surface area contributed by atoms with E-state index < -0.39 is 17.6 Å². The van der Waals surface area contributed by atoms with Gasteiger partial charge < -0.3 is 4.74 Å². The van der Waals surface area contributed by atoms with Gasteiger partial charge in [0.2, 0.25) is 0 Å². The molecule has 0 aromatic carbocycles. The molecule has 15 heavy (non-hydrogen) atoms. The zero-order valence-electron chi connectivity index (χ0n) is 9.44. The van der Waals surface area contributed by atoms with E-state index >= 15 is 0 Å². The van der Waals surface area contributed by atoms with Gasteiger partial charge in [0.15, 0.2) is 0 Å². The molecular formula is C10H17F3O2. The minimum atomic E-state index is -4.89. The number of carbonyl (C=O) groups excluding carboxylic acids is 1. The van der Waals surface area contributed by atoms with Crippen LogP contribution in [0.1, 0.15) is 34.1 Å². The molecule has 90 valence electrons. The Hall–Kier alpha value is -0.740. The average molecular weight is 226 g/mol.